The summed E-state index contributed by atoms with van der Waals surface area (Å²) in [5.74, 6) is 0. The van der Waals surface area contributed by atoms with Crippen molar-refractivity contribution in [3.63, 3.8) is 0 Å². The second kappa shape index (κ2) is 18.7. The van der Waals surface area contributed by atoms with Crippen molar-refractivity contribution in [1.29, 1.82) is 0 Å². The summed E-state index contributed by atoms with van der Waals surface area (Å²) < 4.78 is 6.27. The largest absolute Gasteiger partial charge is 0.455 e. The Bertz CT molecular complexity index is 2740. The molecule has 1 aromatic heterocycles. The lowest BCUT2D eigenvalue weighted by Crippen LogP contribution is -1.89. The van der Waals surface area contributed by atoms with Crippen molar-refractivity contribution in [3.05, 3.63) is 216 Å². The van der Waals surface area contributed by atoms with E-state index in [4.69, 9.17) is 4.42 Å². The Labute approximate surface area is 333 Å². The van der Waals surface area contributed by atoms with Gasteiger partial charge in [-0.25, -0.2) is 0 Å². The van der Waals surface area contributed by atoms with Crippen LogP contribution in [0.15, 0.2) is 198 Å². The highest BCUT2D eigenvalue weighted by Gasteiger charge is 2.14. The molecule has 1 heteroatoms. The molecule has 1 heterocycles. The Morgan fingerprint density at radius 3 is 1.80 bits per heavy atom. The Kier molecular flexibility index (Phi) is 13.1. The van der Waals surface area contributed by atoms with Crippen molar-refractivity contribution < 1.29 is 4.42 Å². The van der Waals surface area contributed by atoms with Crippen LogP contribution in [0.25, 0.3) is 65.7 Å². The van der Waals surface area contributed by atoms with Gasteiger partial charge in [0.1, 0.15) is 11.2 Å². The first-order valence-electron chi connectivity index (χ1n) is 19.5. The van der Waals surface area contributed by atoms with Crippen molar-refractivity contribution >= 4 is 43.5 Å². The van der Waals surface area contributed by atoms with Gasteiger partial charge in [0.05, 0.1) is 0 Å². The van der Waals surface area contributed by atoms with Gasteiger partial charge in [0.2, 0.25) is 0 Å². The van der Waals surface area contributed by atoms with Crippen molar-refractivity contribution in [1.82, 2.24) is 0 Å². The lowest BCUT2D eigenvalue weighted by atomic mass is 9.92. The second-order valence-electron chi connectivity index (χ2n) is 14.3. The van der Waals surface area contributed by atoms with Crippen LogP contribution in [0.4, 0.5) is 0 Å². The van der Waals surface area contributed by atoms with Gasteiger partial charge in [0, 0.05) is 16.2 Å². The lowest BCUT2D eigenvalue weighted by Gasteiger charge is -2.12. The number of para-hydroxylation sites is 1. The number of furan rings is 1. The van der Waals surface area contributed by atoms with Crippen molar-refractivity contribution in [2.75, 3.05) is 0 Å². The first-order chi connectivity index (χ1) is 27.3. The van der Waals surface area contributed by atoms with Crippen LogP contribution in [0.5, 0.6) is 0 Å². The highest BCUT2D eigenvalue weighted by molar-refractivity contribution is 6.16. The minimum Gasteiger partial charge on any atom is -0.455 e. The summed E-state index contributed by atoms with van der Waals surface area (Å²) in [4.78, 5) is 0. The molecule has 0 spiro atoms. The van der Waals surface area contributed by atoms with E-state index in [1.54, 1.807) is 0 Å². The summed E-state index contributed by atoms with van der Waals surface area (Å²) in [6.07, 6.45) is 6.20. The fourth-order valence-electron chi connectivity index (χ4n) is 6.97. The van der Waals surface area contributed by atoms with Crippen LogP contribution in [0.2, 0.25) is 0 Å². The Morgan fingerprint density at radius 1 is 0.482 bits per heavy atom. The zero-order valence-corrected chi connectivity index (χ0v) is 33.8. The van der Waals surface area contributed by atoms with E-state index in [-0.39, 0.29) is 0 Å². The summed E-state index contributed by atoms with van der Waals surface area (Å²) >= 11 is 0. The van der Waals surface area contributed by atoms with E-state index in [9.17, 15) is 0 Å². The van der Waals surface area contributed by atoms with Crippen molar-refractivity contribution in [2.45, 2.75) is 48.5 Å². The molecule has 0 aliphatic carbocycles. The fraction of sp³-hybridized carbons (Fsp3) is 0.127. The van der Waals surface area contributed by atoms with E-state index in [2.05, 4.69) is 198 Å². The molecule has 0 saturated heterocycles. The van der Waals surface area contributed by atoms with Crippen LogP contribution < -0.4 is 0 Å². The summed E-state index contributed by atoms with van der Waals surface area (Å²) in [6.45, 7) is 14.7. The number of aryl methyl sites for hydroxylation is 4. The predicted octanol–water partition coefficient (Wildman–Crippen LogP) is 16.4. The molecule has 8 aromatic carbocycles. The third kappa shape index (κ3) is 9.43. The van der Waals surface area contributed by atoms with Crippen LogP contribution in [0.3, 0.4) is 0 Å². The molecular formula is C55H52O. The maximum atomic E-state index is 6.27. The van der Waals surface area contributed by atoms with Gasteiger partial charge in [-0.2, -0.15) is 0 Å². The van der Waals surface area contributed by atoms with Crippen LogP contribution in [-0.2, 0) is 0 Å². The first kappa shape index (κ1) is 39.3. The molecule has 0 bridgehead atoms. The number of hydrogen-bond donors (Lipinski definition) is 0. The van der Waals surface area contributed by atoms with Gasteiger partial charge in [0.25, 0.3) is 0 Å². The highest BCUT2D eigenvalue weighted by Crippen LogP contribution is 2.39. The molecule has 278 valence electrons. The van der Waals surface area contributed by atoms with Gasteiger partial charge < -0.3 is 4.42 Å². The van der Waals surface area contributed by atoms with E-state index >= 15 is 0 Å². The maximum Gasteiger partial charge on any atom is 0.143 e. The number of fused-ring (bicyclic) bond motifs is 6. The molecule has 0 amide bonds. The third-order valence-corrected chi connectivity index (χ3v) is 10.2. The molecule has 0 unspecified atom stereocenters. The normalized spacial score (nSPS) is 11.2. The zero-order valence-electron chi connectivity index (χ0n) is 33.8. The number of hydrogen-bond acceptors (Lipinski definition) is 1. The Balaban J connectivity index is 0.000000144. The minimum atomic E-state index is 0.950. The van der Waals surface area contributed by atoms with Gasteiger partial charge in [-0.1, -0.05) is 193 Å². The second-order valence-corrected chi connectivity index (χ2v) is 14.3. The quantitative estimate of drug-likeness (QED) is 0.165. The average molecular weight is 729 g/mol. The van der Waals surface area contributed by atoms with Gasteiger partial charge in [0.15, 0.2) is 0 Å². The van der Waals surface area contributed by atoms with Gasteiger partial charge >= 0.3 is 0 Å². The zero-order chi connectivity index (χ0) is 39.4. The molecule has 9 aromatic rings. The molecule has 0 radical (unpaired) electrons. The highest BCUT2D eigenvalue weighted by atomic mass is 16.3. The van der Waals surface area contributed by atoms with Gasteiger partial charge in [-0.15, -0.1) is 0 Å². The molecule has 0 fully saturated rings. The molecule has 9 rings (SSSR count). The van der Waals surface area contributed by atoms with Crippen molar-refractivity contribution in [3.8, 4) is 22.3 Å². The first-order valence-corrected chi connectivity index (χ1v) is 19.5. The number of benzene rings is 8. The summed E-state index contributed by atoms with van der Waals surface area (Å²) in [5, 5.41) is 7.45. The van der Waals surface area contributed by atoms with E-state index in [1.807, 2.05) is 38.1 Å². The Hall–Kier alpha value is -6.44. The topological polar surface area (TPSA) is 13.1 Å². The van der Waals surface area contributed by atoms with E-state index in [0.29, 0.717) is 0 Å². The van der Waals surface area contributed by atoms with Gasteiger partial charge in [-0.05, 0) is 110 Å². The molecule has 0 aliphatic heterocycles. The van der Waals surface area contributed by atoms with Crippen LogP contribution in [0.1, 0.15) is 43.0 Å². The van der Waals surface area contributed by atoms with E-state index in [0.717, 1.165) is 11.2 Å². The smallest absolute Gasteiger partial charge is 0.143 e. The lowest BCUT2D eigenvalue weighted by molar-refractivity contribution is 0.672. The minimum absolute atomic E-state index is 0.950. The van der Waals surface area contributed by atoms with E-state index < -0.39 is 0 Å². The molecule has 0 atom stereocenters. The maximum absolute atomic E-state index is 6.27. The number of rotatable bonds is 3. The van der Waals surface area contributed by atoms with Crippen LogP contribution in [0, 0.1) is 27.7 Å². The molecular weight excluding hydrogens is 677 g/mol. The SMILES string of the molecule is C/C=C\C(C)=C/C.Cc1ccc(-c2ccccc2)cc1.Cc1ccc2ccccc2c1.Cc1ccccc1-c1ccc2ccc3c4ccccc4oc3c2c1C. The standard InChI is InChI=1S/C24H18O.C13H12.C11H10.C7H12/c1-15-7-3-4-8-18(15)19-13-11-17-12-14-21-20-9-5-6-10-22(20)25-24(21)23(17)16(19)2;1-11-7-9-13(10-8-11)12-5-3-2-4-6-12;1-9-6-7-10-4-2-3-5-11(10)8-9;1-4-6-7(3)5-2/h3-14H,1-2H3;2-10H,1H3;2-8H,1H3;4-6H,1-3H3/b;;;6-4-,7-5-. The molecule has 0 aliphatic rings. The fourth-order valence-corrected chi connectivity index (χ4v) is 6.97. The summed E-state index contributed by atoms with van der Waals surface area (Å²) in [7, 11) is 0. The third-order valence-electron chi connectivity index (χ3n) is 10.2. The monoisotopic (exact) mass is 728 g/mol. The van der Waals surface area contributed by atoms with Crippen LogP contribution >= 0.6 is 0 Å². The van der Waals surface area contributed by atoms with Crippen LogP contribution in [-0.4, -0.2) is 0 Å². The number of allylic oxidation sites excluding steroid dienone is 4. The molecule has 0 N–H and O–H groups in total. The average Bonchev–Trinajstić information content (AvgIpc) is 3.61. The summed E-state index contributed by atoms with van der Waals surface area (Å²) in [6, 6.07) is 59.6. The Morgan fingerprint density at radius 2 is 1.09 bits per heavy atom. The van der Waals surface area contributed by atoms with Gasteiger partial charge in [-0.3, -0.25) is 0 Å². The predicted molar refractivity (Wildman–Crippen MR) is 246 cm³/mol. The molecule has 0 saturated carbocycles. The molecule has 1 nitrogen and oxygen atoms in total. The van der Waals surface area contributed by atoms with Crippen molar-refractivity contribution in [2.24, 2.45) is 0 Å². The van der Waals surface area contributed by atoms with E-state index in [1.165, 1.54) is 82.4 Å². The molecule has 56 heavy (non-hydrogen) atoms. The summed E-state index contributed by atoms with van der Waals surface area (Å²) in [5.41, 5.74) is 13.6.